The number of nitrogens with two attached hydrogens (primary N) is 1. The minimum atomic E-state index is 0.0153. The first kappa shape index (κ1) is 12.0. The number of hydrogen-bond acceptors (Lipinski definition) is 4. The van der Waals surface area contributed by atoms with E-state index in [1.807, 2.05) is 12.1 Å². The van der Waals surface area contributed by atoms with Crippen molar-refractivity contribution in [1.29, 1.82) is 0 Å². The number of benzene rings is 2. The Balaban J connectivity index is 1.94. The quantitative estimate of drug-likeness (QED) is 0.916. The lowest BCUT2D eigenvalue weighted by Crippen LogP contribution is -2.20. The molecule has 0 saturated carbocycles. The number of rotatable bonds is 3. The Morgan fingerprint density at radius 3 is 2.79 bits per heavy atom. The third kappa shape index (κ3) is 2.27. The van der Waals surface area contributed by atoms with E-state index in [4.69, 9.17) is 15.3 Å². The van der Waals surface area contributed by atoms with Crippen LogP contribution in [0.25, 0.3) is 10.8 Å². The molecule has 1 unspecified atom stereocenters. The highest BCUT2D eigenvalue weighted by Crippen LogP contribution is 2.24. The van der Waals surface area contributed by atoms with Crippen LogP contribution in [-0.2, 0) is 4.84 Å². The molecule has 98 valence electrons. The first-order chi connectivity index (χ1) is 9.30. The molecule has 0 amide bonds. The zero-order chi connectivity index (χ0) is 13.2. The van der Waals surface area contributed by atoms with Gasteiger partial charge in [-0.25, -0.2) is 0 Å². The highest BCUT2D eigenvalue weighted by Gasteiger charge is 2.20. The van der Waals surface area contributed by atoms with Gasteiger partial charge < -0.3 is 15.3 Å². The number of methoxy groups -OCH3 is 1. The van der Waals surface area contributed by atoms with Crippen LogP contribution < -0.4 is 10.5 Å². The Hall–Kier alpha value is -2.07. The van der Waals surface area contributed by atoms with Crippen LogP contribution in [0.4, 0.5) is 0 Å². The number of fused-ring (bicyclic) bond motifs is 1. The van der Waals surface area contributed by atoms with Gasteiger partial charge in [-0.05, 0) is 29.0 Å². The molecule has 4 heteroatoms. The average Bonchev–Trinajstić information content (AvgIpc) is 2.95. The lowest BCUT2D eigenvalue weighted by atomic mass is 10.0. The molecule has 0 saturated heterocycles. The predicted octanol–water partition coefficient (Wildman–Crippen LogP) is 2.30. The molecule has 2 N–H and O–H groups in total. The Bertz CT molecular complexity index is 637. The van der Waals surface area contributed by atoms with Crippen LogP contribution in [0.3, 0.4) is 0 Å². The summed E-state index contributed by atoms with van der Waals surface area (Å²) < 4.78 is 5.22. The molecule has 4 nitrogen and oxygen atoms in total. The summed E-state index contributed by atoms with van der Waals surface area (Å²) in [7, 11) is 1.67. The smallest absolute Gasteiger partial charge is 0.145 e. The summed E-state index contributed by atoms with van der Waals surface area (Å²) in [4.78, 5) is 5.26. The van der Waals surface area contributed by atoms with Crippen molar-refractivity contribution in [1.82, 2.24) is 0 Å². The summed E-state index contributed by atoms with van der Waals surface area (Å²) in [6, 6.07) is 12.3. The van der Waals surface area contributed by atoms with Crippen molar-refractivity contribution in [3.05, 3.63) is 42.0 Å². The fourth-order valence-electron chi connectivity index (χ4n) is 2.26. The van der Waals surface area contributed by atoms with Crippen LogP contribution in [0.1, 0.15) is 12.0 Å². The Morgan fingerprint density at radius 1 is 1.26 bits per heavy atom. The number of nitrogens with zero attached hydrogens (tertiary/aromatic N) is 1. The fraction of sp³-hybridized carbons (Fsp3) is 0.267. The minimum absolute atomic E-state index is 0.0153. The maximum Gasteiger partial charge on any atom is 0.145 e. The van der Waals surface area contributed by atoms with Gasteiger partial charge in [-0.2, -0.15) is 0 Å². The number of ether oxygens (including phenoxy) is 1. The summed E-state index contributed by atoms with van der Waals surface area (Å²) in [5, 5.41) is 6.43. The monoisotopic (exact) mass is 256 g/mol. The molecule has 2 aromatic carbocycles. The van der Waals surface area contributed by atoms with Gasteiger partial charge in [-0.15, -0.1) is 0 Å². The van der Waals surface area contributed by atoms with Crippen LogP contribution >= 0.6 is 0 Å². The van der Waals surface area contributed by atoms with Crippen molar-refractivity contribution in [2.75, 3.05) is 13.7 Å². The molecule has 0 fully saturated rings. The second-order valence-electron chi connectivity index (χ2n) is 4.63. The topological polar surface area (TPSA) is 56.8 Å². The molecule has 0 aromatic heterocycles. The van der Waals surface area contributed by atoms with Crippen LogP contribution in [-0.4, -0.2) is 25.5 Å². The van der Waals surface area contributed by atoms with Crippen molar-refractivity contribution in [2.45, 2.75) is 12.5 Å². The van der Waals surface area contributed by atoms with E-state index in [9.17, 15) is 0 Å². The van der Waals surface area contributed by atoms with Gasteiger partial charge in [-0.3, -0.25) is 0 Å². The van der Waals surface area contributed by atoms with E-state index in [1.165, 1.54) is 0 Å². The lowest BCUT2D eigenvalue weighted by Gasteiger charge is -2.05. The van der Waals surface area contributed by atoms with Crippen LogP contribution in [0.5, 0.6) is 5.75 Å². The van der Waals surface area contributed by atoms with Crippen molar-refractivity contribution < 1.29 is 9.57 Å². The van der Waals surface area contributed by atoms with E-state index in [1.54, 1.807) is 7.11 Å². The number of hydrogen-bond donors (Lipinski definition) is 1. The van der Waals surface area contributed by atoms with Gasteiger partial charge in [0.25, 0.3) is 0 Å². The van der Waals surface area contributed by atoms with Gasteiger partial charge in [0.15, 0.2) is 0 Å². The molecule has 1 aliphatic heterocycles. The Kier molecular flexibility index (Phi) is 3.09. The van der Waals surface area contributed by atoms with E-state index >= 15 is 0 Å². The van der Waals surface area contributed by atoms with E-state index in [2.05, 4.69) is 29.4 Å². The lowest BCUT2D eigenvalue weighted by molar-refractivity contribution is 0.0918. The Labute approximate surface area is 111 Å². The molecule has 0 spiro atoms. The fourth-order valence-corrected chi connectivity index (χ4v) is 2.26. The number of oxime groups is 1. The second kappa shape index (κ2) is 4.90. The van der Waals surface area contributed by atoms with Crippen molar-refractivity contribution in [2.24, 2.45) is 10.9 Å². The molecule has 2 aromatic rings. The molecule has 3 rings (SSSR count). The van der Waals surface area contributed by atoms with Crippen LogP contribution in [0.15, 0.2) is 41.6 Å². The average molecular weight is 256 g/mol. The van der Waals surface area contributed by atoms with Gasteiger partial charge in [-0.1, -0.05) is 23.4 Å². The molecule has 0 radical (unpaired) electrons. The molecule has 1 aliphatic rings. The summed E-state index contributed by atoms with van der Waals surface area (Å²) in [5.41, 5.74) is 7.64. The molecule has 1 heterocycles. The van der Waals surface area contributed by atoms with Gasteiger partial charge in [0.2, 0.25) is 0 Å². The van der Waals surface area contributed by atoms with E-state index in [-0.39, 0.29) is 6.10 Å². The molecule has 19 heavy (non-hydrogen) atoms. The van der Waals surface area contributed by atoms with Gasteiger partial charge in [0.1, 0.15) is 11.9 Å². The largest absolute Gasteiger partial charge is 0.497 e. The van der Waals surface area contributed by atoms with Crippen LogP contribution in [0.2, 0.25) is 0 Å². The first-order valence-electron chi connectivity index (χ1n) is 6.31. The zero-order valence-electron chi connectivity index (χ0n) is 10.8. The third-order valence-electron chi connectivity index (χ3n) is 3.38. The van der Waals surface area contributed by atoms with Gasteiger partial charge in [0, 0.05) is 18.5 Å². The maximum absolute atomic E-state index is 5.58. The first-order valence-corrected chi connectivity index (χ1v) is 6.31. The SMILES string of the molecule is COc1ccc2cc(C3=NOC(CN)C3)ccc2c1. The maximum atomic E-state index is 5.58. The van der Waals surface area contributed by atoms with E-state index < -0.39 is 0 Å². The van der Waals surface area contributed by atoms with Crippen molar-refractivity contribution in [3.8, 4) is 5.75 Å². The Morgan fingerprint density at radius 2 is 2.05 bits per heavy atom. The highest BCUT2D eigenvalue weighted by molar-refractivity contribution is 6.04. The van der Waals surface area contributed by atoms with Crippen molar-refractivity contribution in [3.63, 3.8) is 0 Å². The second-order valence-corrected chi connectivity index (χ2v) is 4.63. The summed E-state index contributed by atoms with van der Waals surface area (Å²) in [6.45, 7) is 0.498. The molecular weight excluding hydrogens is 240 g/mol. The van der Waals surface area contributed by atoms with Crippen LogP contribution in [0, 0.1) is 0 Å². The summed E-state index contributed by atoms with van der Waals surface area (Å²) in [5.74, 6) is 0.866. The standard InChI is InChI=1S/C15H16N2O2/c1-18-13-5-4-10-6-12(3-2-11(10)7-13)15-8-14(9-16)19-17-15/h2-7,14H,8-9,16H2,1H3. The van der Waals surface area contributed by atoms with Gasteiger partial charge in [0.05, 0.1) is 12.8 Å². The van der Waals surface area contributed by atoms with Crippen molar-refractivity contribution >= 4 is 16.5 Å². The normalized spacial score (nSPS) is 18.2. The minimum Gasteiger partial charge on any atom is -0.497 e. The predicted molar refractivity (Wildman–Crippen MR) is 75.6 cm³/mol. The third-order valence-corrected chi connectivity index (χ3v) is 3.38. The molecule has 1 atom stereocenters. The summed E-state index contributed by atoms with van der Waals surface area (Å²) in [6.07, 6.45) is 0.791. The highest BCUT2D eigenvalue weighted by atomic mass is 16.6. The molecule has 0 bridgehead atoms. The summed E-state index contributed by atoms with van der Waals surface area (Å²) >= 11 is 0. The zero-order valence-corrected chi connectivity index (χ0v) is 10.8. The van der Waals surface area contributed by atoms with Gasteiger partial charge >= 0.3 is 0 Å². The van der Waals surface area contributed by atoms with E-state index in [0.29, 0.717) is 6.54 Å². The molecule has 0 aliphatic carbocycles. The van der Waals surface area contributed by atoms with E-state index in [0.717, 1.165) is 34.2 Å². The molecular formula is C15H16N2O2.